The van der Waals surface area contributed by atoms with Gasteiger partial charge in [-0.3, -0.25) is 9.69 Å². The molecule has 0 atom stereocenters. The van der Waals surface area contributed by atoms with E-state index in [1.807, 2.05) is 49.3 Å². The highest BCUT2D eigenvalue weighted by molar-refractivity contribution is 5.99. The molecular weight excluding hydrogens is 334 g/mol. The fourth-order valence-corrected chi connectivity index (χ4v) is 2.64. The minimum atomic E-state index is -0.367. The molecule has 0 radical (unpaired) electrons. The summed E-state index contributed by atoms with van der Waals surface area (Å²) >= 11 is 0. The molecule has 0 saturated heterocycles. The van der Waals surface area contributed by atoms with Gasteiger partial charge in [0.05, 0.1) is 6.20 Å². The largest absolute Gasteiger partial charge is 0.418 e. The molecule has 0 bridgehead atoms. The molecule has 1 aromatic carbocycles. The van der Waals surface area contributed by atoms with Crippen LogP contribution in [-0.4, -0.2) is 72.9 Å². The molecule has 138 valence electrons. The zero-order valence-corrected chi connectivity index (χ0v) is 15.0. The van der Waals surface area contributed by atoms with Gasteiger partial charge in [-0.25, -0.2) is 4.79 Å². The predicted octanol–water partition coefficient (Wildman–Crippen LogP) is 0.830. The molecule has 2 aliphatic heterocycles. The Morgan fingerprint density at radius 1 is 1.27 bits per heavy atom. The van der Waals surface area contributed by atoms with Crippen molar-refractivity contribution < 1.29 is 14.3 Å². The Balaban J connectivity index is 1.59. The molecule has 2 aliphatic rings. The minimum Gasteiger partial charge on any atom is -0.418 e. The van der Waals surface area contributed by atoms with Gasteiger partial charge < -0.3 is 19.9 Å². The maximum Gasteiger partial charge on any atom is 0.348 e. The number of ether oxygens (including phenoxy) is 1. The predicted molar refractivity (Wildman–Crippen MR) is 97.1 cm³/mol. The summed E-state index contributed by atoms with van der Waals surface area (Å²) in [4.78, 5) is 33.9. The Morgan fingerprint density at radius 2 is 2.04 bits per heavy atom. The number of amidine groups is 1. The minimum absolute atomic E-state index is 0.156. The van der Waals surface area contributed by atoms with E-state index in [2.05, 4.69) is 10.3 Å². The van der Waals surface area contributed by atoms with Crippen LogP contribution in [-0.2, 0) is 16.1 Å². The molecule has 0 saturated carbocycles. The van der Waals surface area contributed by atoms with Crippen molar-refractivity contribution in [2.45, 2.75) is 6.54 Å². The first-order chi connectivity index (χ1) is 12.5. The van der Waals surface area contributed by atoms with Crippen molar-refractivity contribution in [3.8, 4) is 0 Å². The summed E-state index contributed by atoms with van der Waals surface area (Å²) in [5.74, 6) is -0.150. The van der Waals surface area contributed by atoms with Crippen molar-refractivity contribution in [3.05, 3.63) is 47.9 Å². The summed E-state index contributed by atoms with van der Waals surface area (Å²) in [5.41, 5.74) is 1.04. The molecule has 8 heteroatoms. The molecule has 26 heavy (non-hydrogen) atoms. The zero-order chi connectivity index (χ0) is 18.5. The zero-order valence-electron chi connectivity index (χ0n) is 15.0. The Morgan fingerprint density at radius 3 is 2.77 bits per heavy atom. The Kier molecular flexibility index (Phi) is 5.52. The number of fused-ring (bicyclic) bond motifs is 1. The van der Waals surface area contributed by atoms with Crippen molar-refractivity contribution in [1.82, 2.24) is 20.0 Å². The van der Waals surface area contributed by atoms with E-state index in [0.717, 1.165) is 12.1 Å². The molecule has 1 N–H and O–H groups in total. The number of likely N-dealkylation sites (N-methyl/N-ethyl adjacent to an activating group) is 1. The van der Waals surface area contributed by atoms with Crippen LogP contribution in [0, 0.1) is 0 Å². The van der Waals surface area contributed by atoms with E-state index in [0.29, 0.717) is 26.2 Å². The lowest BCUT2D eigenvalue weighted by molar-refractivity contribution is -0.119. The number of hydrogen-bond acceptors (Lipinski definition) is 5. The van der Waals surface area contributed by atoms with Gasteiger partial charge in [0.2, 0.25) is 5.76 Å². The molecule has 3 amide bonds. The number of aliphatic imine (C=N–C) groups is 1. The van der Waals surface area contributed by atoms with Crippen LogP contribution in [0.2, 0.25) is 0 Å². The smallest absolute Gasteiger partial charge is 0.348 e. The van der Waals surface area contributed by atoms with Gasteiger partial charge in [-0.1, -0.05) is 30.3 Å². The number of urea groups is 1. The van der Waals surface area contributed by atoms with Crippen molar-refractivity contribution in [1.29, 1.82) is 0 Å². The monoisotopic (exact) mass is 357 g/mol. The van der Waals surface area contributed by atoms with Crippen LogP contribution < -0.4 is 5.32 Å². The van der Waals surface area contributed by atoms with Crippen LogP contribution in [0.5, 0.6) is 0 Å². The number of hydrogen-bond donors (Lipinski definition) is 1. The highest BCUT2D eigenvalue weighted by Gasteiger charge is 2.31. The van der Waals surface area contributed by atoms with E-state index in [9.17, 15) is 9.59 Å². The van der Waals surface area contributed by atoms with Gasteiger partial charge in [0, 0.05) is 32.7 Å². The second-order valence-electron chi connectivity index (χ2n) is 6.43. The number of nitrogens with one attached hydrogen (secondary N) is 1. The molecule has 0 unspecified atom stereocenters. The first-order valence-electron chi connectivity index (χ1n) is 8.53. The first-order valence-corrected chi connectivity index (χ1v) is 8.53. The summed E-state index contributed by atoms with van der Waals surface area (Å²) in [7, 11) is 3.87. The third-order valence-electron chi connectivity index (χ3n) is 4.08. The quantitative estimate of drug-likeness (QED) is 0.816. The van der Waals surface area contributed by atoms with Gasteiger partial charge in [-0.05, 0) is 19.7 Å². The fourth-order valence-electron chi connectivity index (χ4n) is 2.64. The third-order valence-corrected chi connectivity index (χ3v) is 4.08. The number of nitrogens with zero attached hydrogens (tertiary/aromatic N) is 4. The first kappa shape index (κ1) is 17.9. The topological polar surface area (TPSA) is 77.5 Å². The summed E-state index contributed by atoms with van der Waals surface area (Å²) < 4.78 is 5.50. The van der Waals surface area contributed by atoms with E-state index in [4.69, 9.17) is 4.74 Å². The Labute approximate surface area is 152 Å². The van der Waals surface area contributed by atoms with Crippen molar-refractivity contribution >= 4 is 18.0 Å². The highest BCUT2D eigenvalue weighted by Crippen LogP contribution is 2.18. The van der Waals surface area contributed by atoms with Gasteiger partial charge in [0.15, 0.2) is 0 Å². The van der Waals surface area contributed by atoms with Gasteiger partial charge in [0.1, 0.15) is 0 Å². The van der Waals surface area contributed by atoms with E-state index < -0.39 is 0 Å². The second kappa shape index (κ2) is 8.01. The number of carbonyl (C=O) groups is 2. The molecule has 8 nitrogen and oxygen atoms in total. The number of amides is 3. The van der Waals surface area contributed by atoms with E-state index in [-0.39, 0.29) is 23.7 Å². The van der Waals surface area contributed by atoms with Crippen LogP contribution in [0.25, 0.3) is 0 Å². The molecule has 2 heterocycles. The molecule has 0 spiro atoms. The van der Waals surface area contributed by atoms with E-state index >= 15 is 0 Å². The molecule has 0 aliphatic carbocycles. The summed E-state index contributed by atoms with van der Waals surface area (Å²) in [5, 5.41) is 2.78. The van der Waals surface area contributed by atoms with Crippen LogP contribution >= 0.6 is 0 Å². The van der Waals surface area contributed by atoms with Crippen LogP contribution in [0.4, 0.5) is 4.79 Å². The summed E-state index contributed by atoms with van der Waals surface area (Å²) in [6.45, 7) is 2.76. The molecule has 0 aromatic heterocycles. The van der Waals surface area contributed by atoms with Crippen LogP contribution in [0.15, 0.2) is 47.3 Å². The highest BCUT2D eigenvalue weighted by atomic mass is 16.5. The maximum absolute atomic E-state index is 12.4. The van der Waals surface area contributed by atoms with Gasteiger partial charge in [-0.15, -0.1) is 4.99 Å². The number of rotatable bonds is 6. The molecule has 0 fully saturated rings. The fraction of sp³-hybridized carbons (Fsp3) is 0.389. The van der Waals surface area contributed by atoms with Crippen molar-refractivity contribution in [3.63, 3.8) is 0 Å². The Hall–Kier alpha value is -2.87. The normalized spacial score (nSPS) is 16.7. The van der Waals surface area contributed by atoms with E-state index in [1.165, 1.54) is 0 Å². The average molecular weight is 357 g/mol. The summed E-state index contributed by atoms with van der Waals surface area (Å²) in [6, 6.07) is 9.55. The van der Waals surface area contributed by atoms with Crippen molar-refractivity contribution in [2.75, 3.05) is 40.3 Å². The van der Waals surface area contributed by atoms with Gasteiger partial charge in [-0.2, -0.15) is 0 Å². The Bertz CT molecular complexity index is 730. The number of carbonyl (C=O) groups excluding carboxylic acids is 2. The van der Waals surface area contributed by atoms with Gasteiger partial charge >= 0.3 is 12.1 Å². The van der Waals surface area contributed by atoms with Gasteiger partial charge in [0.25, 0.3) is 5.91 Å². The standard InChI is InChI=1S/C18H23N5O3/c1-21(2)9-8-19-16(24)15-13-23-11-10-22(17(25)20-18(23)26-15)12-14-6-4-3-5-7-14/h3-7,13H,8-12H2,1-2H3,(H,19,24). The average Bonchev–Trinajstić information content (AvgIpc) is 2.95. The van der Waals surface area contributed by atoms with Crippen LogP contribution in [0.3, 0.4) is 0 Å². The lowest BCUT2D eigenvalue weighted by atomic mass is 10.2. The van der Waals surface area contributed by atoms with Crippen LogP contribution in [0.1, 0.15) is 5.56 Å². The SMILES string of the molecule is CN(C)CCNC(=O)C1=CN2CCN(Cc3ccccc3)C(=O)N=C2O1. The number of benzene rings is 1. The second-order valence-corrected chi connectivity index (χ2v) is 6.43. The maximum atomic E-state index is 12.4. The molecule has 1 aromatic rings. The lowest BCUT2D eigenvalue weighted by Crippen LogP contribution is -2.32. The molecule has 3 rings (SSSR count). The third kappa shape index (κ3) is 4.40. The lowest BCUT2D eigenvalue weighted by Gasteiger charge is -2.19. The van der Waals surface area contributed by atoms with E-state index in [1.54, 1.807) is 16.0 Å². The summed E-state index contributed by atoms with van der Waals surface area (Å²) in [6.07, 6.45) is 1.60. The molecular formula is C18H23N5O3. The van der Waals surface area contributed by atoms with Crippen molar-refractivity contribution in [2.24, 2.45) is 4.99 Å².